The van der Waals surface area contributed by atoms with Crippen LogP contribution < -0.4 is 14.8 Å². The highest BCUT2D eigenvalue weighted by atomic mass is 79.9. The Labute approximate surface area is 132 Å². The van der Waals surface area contributed by atoms with Gasteiger partial charge in [-0.15, -0.1) is 0 Å². The first-order chi connectivity index (χ1) is 9.96. The third-order valence-corrected chi connectivity index (χ3v) is 4.94. The number of rotatable bonds is 5. The Morgan fingerprint density at radius 3 is 2.33 bits per heavy atom. The van der Waals surface area contributed by atoms with Crippen LogP contribution in [0.25, 0.3) is 0 Å². The zero-order valence-electron chi connectivity index (χ0n) is 11.6. The van der Waals surface area contributed by atoms with E-state index in [-0.39, 0.29) is 4.90 Å². The van der Waals surface area contributed by atoms with E-state index in [1.54, 1.807) is 49.5 Å². The van der Waals surface area contributed by atoms with Gasteiger partial charge in [-0.25, -0.2) is 8.42 Å². The molecule has 5 nitrogen and oxygen atoms in total. The fraction of sp³-hybridized carbons (Fsp3) is 0.143. The summed E-state index contributed by atoms with van der Waals surface area (Å²) >= 11 is 3.32. The number of ether oxygens (including phenoxy) is 1. The molecule has 0 spiro atoms. The number of nitrogens with one attached hydrogen (secondary N) is 2. The quantitative estimate of drug-likeness (QED) is 0.847. The van der Waals surface area contributed by atoms with Crippen molar-refractivity contribution >= 4 is 37.3 Å². The molecule has 0 heterocycles. The van der Waals surface area contributed by atoms with E-state index in [9.17, 15) is 8.42 Å². The molecule has 112 valence electrons. The molecule has 0 saturated carbocycles. The lowest BCUT2D eigenvalue weighted by Crippen LogP contribution is -2.13. The maximum atomic E-state index is 12.4. The summed E-state index contributed by atoms with van der Waals surface area (Å²) in [5.74, 6) is 0.571. The van der Waals surface area contributed by atoms with Crippen LogP contribution in [0.4, 0.5) is 11.4 Å². The molecular formula is C14H15BrN2O3S. The lowest BCUT2D eigenvalue weighted by Gasteiger charge is -2.11. The van der Waals surface area contributed by atoms with Gasteiger partial charge in [0.25, 0.3) is 10.0 Å². The van der Waals surface area contributed by atoms with Crippen molar-refractivity contribution < 1.29 is 13.2 Å². The van der Waals surface area contributed by atoms with E-state index in [4.69, 9.17) is 4.74 Å². The first kappa shape index (κ1) is 15.7. The van der Waals surface area contributed by atoms with E-state index in [0.717, 1.165) is 5.69 Å². The fourth-order valence-electron chi connectivity index (χ4n) is 1.71. The van der Waals surface area contributed by atoms with E-state index in [0.29, 0.717) is 15.9 Å². The molecule has 0 amide bonds. The van der Waals surface area contributed by atoms with Crippen molar-refractivity contribution in [3.05, 3.63) is 46.9 Å². The van der Waals surface area contributed by atoms with Crippen LogP contribution in [0, 0.1) is 0 Å². The van der Waals surface area contributed by atoms with E-state index < -0.39 is 10.0 Å². The molecule has 0 aliphatic rings. The van der Waals surface area contributed by atoms with Gasteiger partial charge in [0.1, 0.15) is 5.75 Å². The van der Waals surface area contributed by atoms with Gasteiger partial charge in [-0.2, -0.15) is 0 Å². The van der Waals surface area contributed by atoms with E-state index >= 15 is 0 Å². The molecule has 0 fully saturated rings. The molecule has 2 aromatic rings. The highest BCUT2D eigenvalue weighted by Crippen LogP contribution is 2.29. The molecule has 21 heavy (non-hydrogen) atoms. The largest absolute Gasteiger partial charge is 0.497 e. The van der Waals surface area contributed by atoms with Crippen LogP contribution in [0.5, 0.6) is 5.75 Å². The minimum absolute atomic E-state index is 0.191. The van der Waals surface area contributed by atoms with Crippen molar-refractivity contribution in [2.45, 2.75) is 4.90 Å². The Balaban J connectivity index is 2.32. The van der Waals surface area contributed by atoms with Crippen LogP contribution in [0.3, 0.4) is 0 Å². The zero-order chi connectivity index (χ0) is 15.5. The minimum atomic E-state index is -3.65. The monoisotopic (exact) mass is 370 g/mol. The zero-order valence-corrected chi connectivity index (χ0v) is 14.0. The number of methoxy groups -OCH3 is 1. The smallest absolute Gasteiger partial charge is 0.261 e. The number of hydrogen-bond acceptors (Lipinski definition) is 4. The van der Waals surface area contributed by atoms with Gasteiger partial charge in [0.2, 0.25) is 0 Å². The Kier molecular flexibility index (Phi) is 4.74. The van der Waals surface area contributed by atoms with Gasteiger partial charge in [0, 0.05) is 23.3 Å². The normalized spacial score (nSPS) is 11.0. The summed E-state index contributed by atoms with van der Waals surface area (Å²) in [5.41, 5.74) is 1.27. The Bertz CT molecular complexity index is 730. The molecule has 2 N–H and O–H groups in total. The van der Waals surface area contributed by atoms with Crippen molar-refractivity contribution in [2.24, 2.45) is 0 Å². The third kappa shape index (κ3) is 3.68. The highest BCUT2D eigenvalue weighted by Gasteiger charge is 2.16. The van der Waals surface area contributed by atoms with Gasteiger partial charge in [-0.3, -0.25) is 4.72 Å². The summed E-state index contributed by atoms with van der Waals surface area (Å²) in [4.78, 5) is 0.191. The predicted octanol–water partition coefficient (Wildman–Crippen LogP) is 3.30. The Hall–Kier alpha value is -1.73. The average molecular weight is 371 g/mol. The number of sulfonamides is 1. The highest BCUT2D eigenvalue weighted by molar-refractivity contribution is 9.10. The molecule has 0 radical (unpaired) electrons. The second kappa shape index (κ2) is 6.36. The summed E-state index contributed by atoms with van der Waals surface area (Å²) in [6.07, 6.45) is 0. The molecule has 0 aliphatic carbocycles. The van der Waals surface area contributed by atoms with Crippen LogP contribution in [0.2, 0.25) is 0 Å². The van der Waals surface area contributed by atoms with Crippen molar-refractivity contribution in [1.82, 2.24) is 0 Å². The summed E-state index contributed by atoms with van der Waals surface area (Å²) < 4.78 is 33.0. The first-order valence-electron chi connectivity index (χ1n) is 6.10. The number of hydrogen-bond donors (Lipinski definition) is 2. The molecular weight excluding hydrogens is 356 g/mol. The second-order valence-corrected chi connectivity index (χ2v) is 6.76. The molecule has 0 saturated heterocycles. The van der Waals surface area contributed by atoms with Crippen LogP contribution >= 0.6 is 15.9 Å². The molecule has 7 heteroatoms. The maximum absolute atomic E-state index is 12.4. The maximum Gasteiger partial charge on any atom is 0.261 e. The lowest BCUT2D eigenvalue weighted by molar-refractivity contribution is 0.415. The second-order valence-electron chi connectivity index (χ2n) is 4.23. The van der Waals surface area contributed by atoms with Crippen molar-refractivity contribution in [3.8, 4) is 5.75 Å². The summed E-state index contributed by atoms with van der Waals surface area (Å²) in [6, 6.07) is 11.6. The van der Waals surface area contributed by atoms with Gasteiger partial charge >= 0.3 is 0 Å². The van der Waals surface area contributed by atoms with E-state index in [1.807, 2.05) is 0 Å². The summed E-state index contributed by atoms with van der Waals surface area (Å²) in [7, 11) is -0.350. The van der Waals surface area contributed by atoms with Gasteiger partial charge < -0.3 is 10.1 Å². The number of benzene rings is 2. The molecule has 2 aromatic carbocycles. The molecule has 0 bridgehead atoms. The van der Waals surface area contributed by atoms with Gasteiger partial charge in [-0.05, 0) is 52.3 Å². The number of halogens is 1. The molecule has 2 rings (SSSR count). The topological polar surface area (TPSA) is 67.4 Å². The average Bonchev–Trinajstić information content (AvgIpc) is 2.49. The van der Waals surface area contributed by atoms with Crippen LogP contribution in [-0.2, 0) is 10.0 Å². The first-order valence-corrected chi connectivity index (χ1v) is 8.38. The van der Waals surface area contributed by atoms with E-state index in [1.165, 1.54) is 7.11 Å². The summed E-state index contributed by atoms with van der Waals surface area (Å²) in [6.45, 7) is 0. The molecule has 0 atom stereocenters. The predicted molar refractivity (Wildman–Crippen MR) is 87.5 cm³/mol. The minimum Gasteiger partial charge on any atom is -0.497 e. The SMILES string of the molecule is CNc1ccc(S(=O)(=O)Nc2cc(OC)ccc2Br)cc1. The van der Waals surface area contributed by atoms with Gasteiger partial charge in [-0.1, -0.05) is 0 Å². The Morgan fingerprint density at radius 2 is 1.76 bits per heavy atom. The Morgan fingerprint density at radius 1 is 1.10 bits per heavy atom. The van der Waals surface area contributed by atoms with Crippen molar-refractivity contribution in [1.29, 1.82) is 0 Å². The fourth-order valence-corrected chi connectivity index (χ4v) is 3.26. The van der Waals surface area contributed by atoms with Crippen LogP contribution in [-0.4, -0.2) is 22.6 Å². The van der Waals surface area contributed by atoms with Crippen molar-refractivity contribution in [3.63, 3.8) is 0 Å². The number of anilines is 2. The van der Waals surface area contributed by atoms with Crippen LogP contribution in [0.1, 0.15) is 0 Å². The van der Waals surface area contributed by atoms with Crippen molar-refractivity contribution in [2.75, 3.05) is 24.2 Å². The third-order valence-electron chi connectivity index (χ3n) is 2.87. The van der Waals surface area contributed by atoms with Gasteiger partial charge in [0.05, 0.1) is 17.7 Å². The van der Waals surface area contributed by atoms with Crippen LogP contribution in [0.15, 0.2) is 51.8 Å². The summed E-state index contributed by atoms with van der Waals surface area (Å²) in [5, 5.41) is 2.94. The molecule has 0 unspecified atom stereocenters. The molecule has 0 aliphatic heterocycles. The lowest BCUT2D eigenvalue weighted by atomic mass is 10.3. The standard InChI is InChI=1S/C14H15BrN2O3S/c1-16-10-3-6-12(7-4-10)21(18,19)17-14-9-11(20-2)5-8-13(14)15/h3-9,16-17H,1-2H3. The van der Waals surface area contributed by atoms with E-state index in [2.05, 4.69) is 26.0 Å². The van der Waals surface area contributed by atoms with Gasteiger partial charge in [0.15, 0.2) is 0 Å². The molecule has 0 aromatic heterocycles.